The number of carbonyl (C=O) groups is 1. The van der Waals surface area contributed by atoms with Gasteiger partial charge >= 0.3 is 0 Å². The fraction of sp³-hybridized carbons (Fsp3) is 0.381. The molecule has 1 amide bonds. The van der Waals surface area contributed by atoms with Gasteiger partial charge in [-0.1, -0.05) is 44.2 Å². The summed E-state index contributed by atoms with van der Waals surface area (Å²) in [7, 11) is 0. The third kappa shape index (κ3) is 4.45. The van der Waals surface area contributed by atoms with Crippen LogP contribution in [0.2, 0.25) is 0 Å². The van der Waals surface area contributed by atoms with E-state index in [1.54, 1.807) is 0 Å². The highest BCUT2D eigenvalue weighted by Gasteiger charge is 2.21. The molecule has 1 saturated heterocycles. The number of amides is 1. The van der Waals surface area contributed by atoms with Crippen molar-refractivity contribution in [1.29, 1.82) is 0 Å². The number of hydrogen-bond acceptors (Lipinski definition) is 2. The Bertz CT molecular complexity index is 656. The van der Waals surface area contributed by atoms with Crippen LogP contribution >= 0.6 is 0 Å². The molecule has 0 aromatic heterocycles. The van der Waals surface area contributed by atoms with E-state index in [0.29, 0.717) is 5.56 Å². The molecular weight excluding hydrogens is 296 g/mol. The lowest BCUT2D eigenvalue weighted by Gasteiger charge is -2.35. The van der Waals surface area contributed by atoms with E-state index in [4.69, 9.17) is 0 Å². The van der Waals surface area contributed by atoms with Crippen molar-refractivity contribution >= 4 is 11.6 Å². The lowest BCUT2D eigenvalue weighted by molar-refractivity contribution is 0.102. The standard InChI is InChI=1S/C21H26N2O/c1-16-12-17(2)14-23(13-16)15-18-8-10-19(11-9-18)21(24)22-20-6-4-3-5-7-20/h3-11,16-17H,12-15H2,1-2H3,(H,22,24)/t16-,17-/m0/s1. The molecule has 1 N–H and O–H groups in total. The fourth-order valence-corrected chi connectivity index (χ4v) is 3.67. The van der Waals surface area contributed by atoms with Crippen LogP contribution in [0.25, 0.3) is 0 Å². The minimum Gasteiger partial charge on any atom is -0.322 e. The monoisotopic (exact) mass is 322 g/mol. The van der Waals surface area contributed by atoms with Crippen molar-refractivity contribution in [1.82, 2.24) is 4.90 Å². The Hall–Kier alpha value is -2.13. The van der Waals surface area contributed by atoms with Gasteiger partial charge in [0.15, 0.2) is 0 Å². The van der Waals surface area contributed by atoms with Gasteiger partial charge in [-0.25, -0.2) is 0 Å². The van der Waals surface area contributed by atoms with E-state index in [9.17, 15) is 4.79 Å². The van der Waals surface area contributed by atoms with Gasteiger partial charge in [-0.2, -0.15) is 0 Å². The molecule has 24 heavy (non-hydrogen) atoms. The quantitative estimate of drug-likeness (QED) is 0.904. The van der Waals surface area contributed by atoms with E-state index in [2.05, 4.69) is 36.2 Å². The van der Waals surface area contributed by atoms with Crippen LogP contribution in [0, 0.1) is 11.8 Å². The molecule has 0 unspecified atom stereocenters. The molecule has 3 nitrogen and oxygen atoms in total. The highest BCUT2D eigenvalue weighted by atomic mass is 16.1. The highest BCUT2D eigenvalue weighted by Crippen LogP contribution is 2.22. The van der Waals surface area contributed by atoms with Crippen molar-refractivity contribution in [3.63, 3.8) is 0 Å². The van der Waals surface area contributed by atoms with Crippen molar-refractivity contribution < 1.29 is 4.79 Å². The molecule has 1 fully saturated rings. The number of para-hydroxylation sites is 1. The van der Waals surface area contributed by atoms with Crippen LogP contribution in [0.4, 0.5) is 5.69 Å². The Morgan fingerprint density at radius 2 is 1.62 bits per heavy atom. The maximum Gasteiger partial charge on any atom is 0.255 e. The van der Waals surface area contributed by atoms with Gasteiger partial charge in [0.05, 0.1) is 0 Å². The molecular formula is C21H26N2O. The summed E-state index contributed by atoms with van der Waals surface area (Å²) in [5, 5.41) is 2.92. The summed E-state index contributed by atoms with van der Waals surface area (Å²) in [5.41, 5.74) is 2.79. The average molecular weight is 322 g/mol. The number of likely N-dealkylation sites (tertiary alicyclic amines) is 1. The second-order valence-electron chi connectivity index (χ2n) is 7.16. The van der Waals surface area contributed by atoms with Crippen LogP contribution in [0.3, 0.4) is 0 Å². The van der Waals surface area contributed by atoms with Crippen molar-refractivity contribution in [3.8, 4) is 0 Å². The second-order valence-corrected chi connectivity index (χ2v) is 7.16. The number of rotatable bonds is 4. The first-order chi connectivity index (χ1) is 11.6. The van der Waals surface area contributed by atoms with Crippen molar-refractivity contribution in [2.24, 2.45) is 11.8 Å². The van der Waals surface area contributed by atoms with Crippen LogP contribution in [0.5, 0.6) is 0 Å². The van der Waals surface area contributed by atoms with Gasteiger partial charge in [-0.15, -0.1) is 0 Å². The molecule has 0 radical (unpaired) electrons. The second kappa shape index (κ2) is 7.63. The van der Waals surface area contributed by atoms with Crippen molar-refractivity contribution in [2.75, 3.05) is 18.4 Å². The number of benzene rings is 2. The first-order valence-corrected chi connectivity index (χ1v) is 8.78. The lowest BCUT2D eigenvalue weighted by Crippen LogP contribution is -2.38. The molecule has 0 saturated carbocycles. The SMILES string of the molecule is C[C@H]1C[C@H](C)CN(Cc2ccc(C(=O)Nc3ccccc3)cc2)C1. The Labute approximate surface area is 144 Å². The number of carbonyl (C=O) groups excluding carboxylic acids is 1. The minimum absolute atomic E-state index is 0.0621. The van der Waals surface area contributed by atoms with Gasteiger partial charge in [-0.05, 0) is 48.1 Å². The predicted molar refractivity (Wildman–Crippen MR) is 99.1 cm³/mol. The predicted octanol–water partition coefficient (Wildman–Crippen LogP) is 4.42. The Morgan fingerprint density at radius 1 is 1.00 bits per heavy atom. The third-order valence-corrected chi connectivity index (χ3v) is 4.60. The van der Waals surface area contributed by atoms with E-state index < -0.39 is 0 Å². The summed E-state index contributed by atoms with van der Waals surface area (Å²) in [5.74, 6) is 1.47. The molecule has 0 aliphatic carbocycles. The van der Waals surface area contributed by atoms with Crippen LogP contribution in [0.1, 0.15) is 36.2 Å². The fourth-order valence-electron chi connectivity index (χ4n) is 3.67. The smallest absolute Gasteiger partial charge is 0.255 e. The van der Waals surface area contributed by atoms with Gasteiger partial charge in [0.2, 0.25) is 0 Å². The normalized spacial score (nSPS) is 21.4. The van der Waals surface area contributed by atoms with Crippen LogP contribution < -0.4 is 5.32 Å². The van der Waals surface area contributed by atoms with Gasteiger partial charge in [0.1, 0.15) is 0 Å². The Morgan fingerprint density at radius 3 is 2.25 bits per heavy atom. The number of piperidine rings is 1. The summed E-state index contributed by atoms with van der Waals surface area (Å²) < 4.78 is 0. The first-order valence-electron chi connectivity index (χ1n) is 8.78. The molecule has 2 aromatic carbocycles. The van der Waals surface area contributed by atoms with Crippen LogP contribution in [-0.2, 0) is 6.54 Å². The molecule has 2 aromatic rings. The molecule has 3 heteroatoms. The van der Waals surface area contributed by atoms with Gasteiger partial charge < -0.3 is 5.32 Å². The number of anilines is 1. The van der Waals surface area contributed by atoms with E-state index >= 15 is 0 Å². The maximum atomic E-state index is 12.3. The largest absolute Gasteiger partial charge is 0.322 e. The van der Waals surface area contributed by atoms with E-state index in [0.717, 1.165) is 24.1 Å². The van der Waals surface area contributed by atoms with Crippen molar-refractivity contribution in [2.45, 2.75) is 26.8 Å². The van der Waals surface area contributed by atoms with E-state index in [-0.39, 0.29) is 5.91 Å². The highest BCUT2D eigenvalue weighted by molar-refractivity contribution is 6.04. The number of nitrogens with zero attached hydrogens (tertiary/aromatic N) is 1. The minimum atomic E-state index is -0.0621. The summed E-state index contributed by atoms with van der Waals surface area (Å²) in [6.07, 6.45) is 1.33. The van der Waals surface area contributed by atoms with Crippen LogP contribution in [-0.4, -0.2) is 23.9 Å². The van der Waals surface area contributed by atoms with Gasteiger partial charge in [-0.3, -0.25) is 9.69 Å². The van der Waals surface area contributed by atoms with Gasteiger partial charge in [0.25, 0.3) is 5.91 Å². The molecule has 1 aliphatic heterocycles. The van der Waals surface area contributed by atoms with Crippen molar-refractivity contribution in [3.05, 3.63) is 65.7 Å². The Balaban J connectivity index is 1.60. The molecule has 1 heterocycles. The molecule has 1 aliphatic rings. The molecule has 2 atom stereocenters. The molecule has 0 bridgehead atoms. The van der Waals surface area contributed by atoms with E-state index in [1.807, 2.05) is 42.5 Å². The molecule has 0 spiro atoms. The zero-order valence-electron chi connectivity index (χ0n) is 14.5. The summed E-state index contributed by atoms with van der Waals surface area (Å²) in [4.78, 5) is 14.8. The average Bonchev–Trinajstić information content (AvgIpc) is 2.55. The summed E-state index contributed by atoms with van der Waals surface area (Å²) in [6, 6.07) is 17.5. The lowest BCUT2D eigenvalue weighted by atomic mass is 9.91. The third-order valence-electron chi connectivity index (χ3n) is 4.60. The summed E-state index contributed by atoms with van der Waals surface area (Å²) in [6.45, 7) is 7.97. The summed E-state index contributed by atoms with van der Waals surface area (Å²) >= 11 is 0. The molecule has 126 valence electrons. The first kappa shape index (κ1) is 16.7. The maximum absolute atomic E-state index is 12.3. The van der Waals surface area contributed by atoms with Crippen LogP contribution in [0.15, 0.2) is 54.6 Å². The van der Waals surface area contributed by atoms with E-state index in [1.165, 1.54) is 25.1 Å². The molecule has 3 rings (SSSR count). The zero-order chi connectivity index (χ0) is 16.9. The number of nitrogens with one attached hydrogen (secondary N) is 1. The Kier molecular flexibility index (Phi) is 5.31. The number of hydrogen-bond donors (Lipinski definition) is 1. The zero-order valence-corrected chi connectivity index (χ0v) is 14.5. The topological polar surface area (TPSA) is 32.3 Å². The van der Waals surface area contributed by atoms with Gasteiger partial charge in [0, 0.05) is 30.9 Å².